The van der Waals surface area contributed by atoms with E-state index in [2.05, 4.69) is 4.99 Å². The maximum absolute atomic E-state index is 11.5. The van der Waals surface area contributed by atoms with Crippen LogP contribution in [0.4, 0.5) is 5.69 Å². The second-order valence-electron chi connectivity index (χ2n) is 5.39. The van der Waals surface area contributed by atoms with E-state index in [0.717, 1.165) is 11.6 Å². The largest absolute Gasteiger partial charge is 0.438 e. The molecule has 0 aliphatic carbocycles. The van der Waals surface area contributed by atoms with E-state index in [-0.39, 0.29) is 15.4 Å². The Morgan fingerprint density at radius 1 is 1.16 bits per heavy atom. The minimum absolute atomic E-state index is 0.136. The number of hydrogen-bond acceptors (Lipinski definition) is 5. The quantitative estimate of drug-likeness (QED) is 0.691. The number of thiocarbonyl (C=S) groups is 1. The van der Waals surface area contributed by atoms with Crippen molar-refractivity contribution in [3.63, 3.8) is 0 Å². The Kier molecular flexibility index (Phi) is 4.64. The second-order valence-corrected chi connectivity index (χ2v) is 8.28. The molecule has 0 bridgehead atoms. The first-order chi connectivity index (χ1) is 11.7. The average molecular weight is 393 g/mol. The van der Waals surface area contributed by atoms with Gasteiger partial charge in [-0.2, -0.15) is 0 Å². The van der Waals surface area contributed by atoms with Crippen molar-refractivity contribution in [2.45, 2.75) is 4.90 Å². The fraction of sp³-hybridized carbons (Fsp3) is 0.0588. The fourth-order valence-corrected chi connectivity index (χ4v) is 3.20. The van der Waals surface area contributed by atoms with Gasteiger partial charge in [-0.3, -0.25) is 0 Å². The number of sulfone groups is 1. The first-order valence-corrected chi connectivity index (χ1v) is 9.80. The Hall–Kier alpha value is -2.22. The zero-order valence-electron chi connectivity index (χ0n) is 13.1. The summed E-state index contributed by atoms with van der Waals surface area (Å²) in [5, 5.41) is 1.32. The van der Waals surface area contributed by atoms with Crippen LogP contribution in [0.25, 0.3) is 11.0 Å². The molecule has 25 heavy (non-hydrogen) atoms. The Morgan fingerprint density at radius 2 is 1.84 bits per heavy atom. The molecule has 0 fully saturated rings. The molecule has 0 aliphatic heterocycles. The van der Waals surface area contributed by atoms with Gasteiger partial charge >= 0.3 is 0 Å². The predicted molar refractivity (Wildman–Crippen MR) is 102 cm³/mol. The molecule has 0 saturated heterocycles. The molecule has 128 valence electrons. The van der Waals surface area contributed by atoms with Gasteiger partial charge in [0.15, 0.2) is 9.84 Å². The van der Waals surface area contributed by atoms with Crippen molar-refractivity contribution in [1.82, 2.24) is 0 Å². The first kappa shape index (κ1) is 17.6. The van der Waals surface area contributed by atoms with Crippen LogP contribution in [0, 0.1) is 0 Å². The molecule has 2 aromatic carbocycles. The normalized spacial score (nSPS) is 12.5. The number of nitrogens with zero attached hydrogens (tertiary/aromatic N) is 1. The van der Waals surface area contributed by atoms with Crippen LogP contribution in [-0.4, -0.2) is 19.7 Å². The van der Waals surface area contributed by atoms with Gasteiger partial charge in [0.05, 0.1) is 16.1 Å². The third-order valence-electron chi connectivity index (χ3n) is 3.47. The van der Waals surface area contributed by atoms with E-state index in [0.29, 0.717) is 21.9 Å². The number of fused-ring (bicyclic) bond motifs is 1. The molecular formula is C17H13ClN2O3S2. The third kappa shape index (κ3) is 3.89. The Labute approximate surface area is 154 Å². The van der Waals surface area contributed by atoms with Crippen molar-refractivity contribution in [1.29, 1.82) is 0 Å². The average Bonchev–Trinajstić information content (AvgIpc) is 2.54. The SMILES string of the molecule is CS(=O)(=O)c1ccc(N=c2oc3ccc(Cl)cc3cc2C(N)=S)cc1. The van der Waals surface area contributed by atoms with Gasteiger partial charge in [-0.25, -0.2) is 13.4 Å². The van der Waals surface area contributed by atoms with Crippen LogP contribution in [0.1, 0.15) is 5.56 Å². The molecule has 1 heterocycles. The minimum Gasteiger partial charge on any atom is -0.438 e. The lowest BCUT2D eigenvalue weighted by Crippen LogP contribution is -2.20. The summed E-state index contributed by atoms with van der Waals surface area (Å²) < 4.78 is 28.9. The molecular weight excluding hydrogens is 380 g/mol. The summed E-state index contributed by atoms with van der Waals surface area (Å²) in [7, 11) is -3.27. The van der Waals surface area contributed by atoms with Gasteiger partial charge in [0.2, 0.25) is 5.55 Å². The molecule has 5 nitrogen and oxygen atoms in total. The van der Waals surface area contributed by atoms with Crippen molar-refractivity contribution in [3.8, 4) is 0 Å². The zero-order valence-corrected chi connectivity index (χ0v) is 15.5. The summed E-state index contributed by atoms with van der Waals surface area (Å²) in [4.78, 5) is 4.75. The van der Waals surface area contributed by atoms with Crippen molar-refractivity contribution < 1.29 is 12.8 Å². The molecule has 3 aromatic rings. The van der Waals surface area contributed by atoms with Gasteiger partial charge in [0, 0.05) is 16.7 Å². The van der Waals surface area contributed by atoms with Crippen molar-refractivity contribution in [2.24, 2.45) is 10.7 Å². The minimum atomic E-state index is -3.27. The zero-order chi connectivity index (χ0) is 18.2. The lowest BCUT2D eigenvalue weighted by molar-refractivity contribution is 0.543. The van der Waals surface area contributed by atoms with Crippen molar-refractivity contribution in [2.75, 3.05) is 6.26 Å². The lowest BCUT2D eigenvalue weighted by Gasteiger charge is -2.04. The highest BCUT2D eigenvalue weighted by Crippen LogP contribution is 2.20. The van der Waals surface area contributed by atoms with Crippen LogP contribution in [0.15, 0.2) is 62.8 Å². The number of benzene rings is 2. The standard InChI is InChI=1S/C17H13ClN2O3S2/c1-25(21,22)13-5-3-12(4-6-13)20-17-14(16(19)24)9-10-8-11(18)2-7-15(10)23-17/h2-9H,1H3,(H2,19,24). The summed E-state index contributed by atoms with van der Waals surface area (Å²) in [6.45, 7) is 0. The summed E-state index contributed by atoms with van der Waals surface area (Å²) in [5.74, 6) is 0. The topological polar surface area (TPSA) is 85.7 Å². The van der Waals surface area contributed by atoms with Crippen LogP contribution in [-0.2, 0) is 9.84 Å². The van der Waals surface area contributed by atoms with E-state index in [1.54, 1.807) is 36.4 Å². The maximum atomic E-state index is 11.5. The summed E-state index contributed by atoms with van der Waals surface area (Å²) in [5.41, 5.74) is 7.59. The van der Waals surface area contributed by atoms with Crippen molar-refractivity contribution in [3.05, 3.63) is 64.7 Å². The summed E-state index contributed by atoms with van der Waals surface area (Å²) >= 11 is 11.1. The molecule has 8 heteroatoms. The maximum Gasteiger partial charge on any atom is 0.230 e. The third-order valence-corrected chi connectivity index (χ3v) is 5.05. The lowest BCUT2D eigenvalue weighted by atomic mass is 10.2. The van der Waals surface area contributed by atoms with Crippen LogP contribution in [0.2, 0.25) is 5.02 Å². The number of rotatable bonds is 3. The smallest absolute Gasteiger partial charge is 0.230 e. The molecule has 0 aliphatic rings. The molecule has 3 rings (SSSR count). The van der Waals surface area contributed by atoms with Crippen LogP contribution < -0.4 is 11.3 Å². The van der Waals surface area contributed by atoms with Gasteiger partial charge < -0.3 is 10.2 Å². The summed E-state index contributed by atoms with van der Waals surface area (Å²) in [6.07, 6.45) is 1.15. The van der Waals surface area contributed by atoms with Gasteiger partial charge in [0.25, 0.3) is 0 Å². The van der Waals surface area contributed by atoms with Crippen molar-refractivity contribution >= 4 is 55.3 Å². The van der Waals surface area contributed by atoms with Crippen LogP contribution in [0.3, 0.4) is 0 Å². The molecule has 0 radical (unpaired) electrons. The van der Waals surface area contributed by atoms with Gasteiger partial charge in [-0.1, -0.05) is 23.8 Å². The van der Waals surface area contributed by atoms with Crippen LogP contribution >= 0.6 is 23.8 Å². The second kappa shape index (κ2) is 6.59. The Bertz CT molecular complexity index is 1150. The van der Waals surface area contributed by atoms with E-state index >= 15 is 0 Å². The Balaban J connectivity index is 2.19. The number of halogens is 1. The van der Waals surface area contributed by atoms with Gasteiger partial charge in [-0.05, 0) is 48.5 Å². The molecule has 0 atom stereocenters. The molecule has 0 saturated carbocycles. The highest BCUT2D eigenvalue weighted by atomic mass is 35.5. The van der Waals surface area contributed by atoms with E-state index in [4.69, 9.17) is 34.0 Å². The molecule has 1 aromatic heterocycles. The van der Waals surface area contributed by atoms with Gasteiger partial charge in [0.1, 0.15) is 10.6 Å². The Morgan fingerprint density at radius 3 is 2.44 bits per heavy atom. The van der Waals surface area contributed by atoms with Crippen LogP contribution in [0.5, 0.6) is 0 Å². The van der Waals surface area contributed by atoms with Gasteiger partial charge in [-0.15, -0.1) is 0 Å². The van der Waals surface area contributed by atoms with E-state index in [9.17, 15) is 8.42 Å². The molecule has 0 amide bonds. The summed E-state index contributed by atoms with van der Waals surface area (Å²) in [6, 6.07) is 13.1. The molecule has 0 spiro atoms. The molecule has 0 unspecified atom stereocenters. The molecule has 2 N–H and O–H groups in total. The fourth-order valence-electron chi connectivity index (χ4n) is 2.25. The van der Waals surface area contributed by atoms with E-state index < -0.39 is 9.84 Å². The predicted octanol–water partition coefficient (Wildman–Crippen LogP) is 3.36. The highest BCUT2D eigenvalue weighted by Gasteiger charge is 2.09. The number of nitrogens with two attached hydrogens (primary N) is 1. The monoisotopic (exact) mass is 392 g/mol. The van der Waals surface area contributed by atoms with E-state index in [1.165, 1.54) is 12.1 Å². The highest BCUT2D eigenvalue weighted by molar-refractivity contribution is 7.90. The van der Waals surface area contributed by atoms with E-state index in [1.807, 2.05) is 0 Å². The first-order valence-electron chi connectivity index (χ1n) is 7.12. The number of hydrogen-bond donors (Lipinski definition) is 1.